The number of amides is 1. The Labute approximate surface area is 148 Å². The molecule has 1 saturated carbocycles. The zero-order chi connectivity index (χ0) is 17.7. The van der Waals surface area contributed by atoms with E-state index in [-0.39, 0.29) is 16.8 Å². The van der Waals surface area contributed by atoms with Crippen LogP contribution in [0.2, 0.25) is 0 Å². The summed E-state index contributed by atoms with van der Waals surface area (Å²) in [5.74, 6) is -0.225. The number of hydrogen-bond acceptors (Lipinski definition) is 3. The maximum absolute atomic E-state index is 12.4. The van der Waals surface area contributed by atoms with Crippen LogP contribution in [0, 0.1) is 0 Å². The van der Waals surface area contributed by atoms with Gasteiger partial charge in [-0.1, -0.05) is 43.2 Å². The minimum atomic E-state index is -3.52. The zero-order valence-corrected chi connectivity index (χ0v) is 14.8. The van der Waals surface area contributed by atoms with Gasteiger partial charge in [-0.3, -0.25) is 4.79 Å². The largest absolute Gasteiger partial charge is 0.348 e. The summed E-state index contributed by atoms with van der Waals surface area (Å²) >= 11 is 0. The topological polar surface area (TPSA) is 75.3 Å². The lowest BCUT2D eigenvalue weighted by molar-refractivity contribution is 0.0951. The van der Waals surface area contributed by atoms with Crippen LogP contribution in [-0.4, -0.2) is 20.4 Å². The van der Waals surface area contributed by atoms with Crippen LogP contribution in [-0.2, 0) is 16.6 Å². The zero-order valence-electron chi connectivity index (χ0n) is 13.9. The molecule has 132 valence electrons. The van der Waals surface area contributed by atoms with E-state index in [4.69, 9.17) is 0 Å². The van der Waals surface area contributed by atoms with E-state index in [0.29, 0.717) is 12.1 Å². The highest BCUT2D eigenvalue weighted by Gasteiger charge is 2.22. The summed E-state index contributed by atoms with van der Waals surface area (Å²) in [6.07, 6.45) is 3.90. The molecule has 2 N–H and O–H groups in total. The highest BCUT2D eigenvalue weighted by atomic mass is 32.2. The number of hydrogen-bond donors (Lipinski definition) is 2. The number of rotatable bonds is 6. The maximum Gasteiger partial charge on any atom is 0.251 e. The van der Waals surface area contributed by atoms with E-state index in [9.17, 15) is 13.2 Å². The maximum atomic E-state index is 12.4. The molecular formula is C19H22N2O3S. The summed E-state index contributed by atoms with van der Waals surface area (Å²) in [5.41, 5.74) is 1.45. The van der Waals surface area contributed by atoms with E-state index in [0.717, 1.165) is 31.2 Å². The van der Waals surface area contributed by atoms with Gasteiger partial charge < -0.3 is 5.32 Å². The Bertz CT molecular complexity index is 812. The van der Waals surface area contributed by atoms with Crippen molar-refractivity contribution in [2.45, 2.75) is 43.2 Å². The van der Waals surface area contributed by atoms with Crippen LogP contribution in [0.25, 0.3) is 0 Å². The van der Waals surface area contributed by atoms with Crippen LogP contribution >= 0.6 is 0 Å². The third kappa shape index (κ3) is 4.67. The molecule has 0 heterocycles. The van der Waals surface area contributed by atoms with Gasteiger partial charge in [-0.2, -0.15) is 0 Å². The Hall–Kier alpha value is -2.18. The van der Waals surface area contributed by atoms with E-state index in [1.54, 1.807) is 12.1 Å². The fourth-order valence-electron chi connectivity index (χ4n) is 3.00. The third-order valence-electron chi connectivity index (χ3n) is 4.40. The van der Waals surface area contributed by atoms with Crippen molar-refractivity contribution >= 4 is 15.9 Å². The Morgan fingerprint density at radius 3 is 2.24 bits per heavy atom. The Morgan fingerprint density at radius 1 is 0.960 bits per heavy atom. The predicted octanol–water partition coefficient (Wildman–Crippen LogP) is 2.84. The summed E-state index contributed by atoms with van der Waals surface area (Å²) in [7, 11) is -3.52. The molecule has 1 amide bonds. The Morgan fingerprint density at radius 2 is 1.60 bits per heavy atom. The molecule has 0 spiro atoms. The first-order valence-corrected chi connectivity index (χ1v) is 9.97. The number of carbonyl (C=O) groups excluding carboxylic acids is 1. The molecule has 1 aliphatic carbocycles. The van der Waals surface area contributed by atoms with Crippen LogP contribution in [0.5, 0.6) is 0 Å². The molecule has 2 aromatic rings. The van der Waals surface area contributed by atoms with Gasteiger partial charge in [-0.25, -0.2) is 13.1 Å². The number of carbonyl (C=O) groups is 1. The first kappa shape index (κ1) is 17.6. The molecule has 3 rings (SSSR count). The molecule has 2 aromatic carbocycles. The fraction of sp³-hybridized carbons (Fsp3) is 0.316. The fourth-order valence-corrected chi connectivity index (χ4v) is 4.30. The van der Waals surface area contributed by atoms with Gasteiger partial charge in [-0.15, -0.1) is 0 Å². The van der Waals surface area contributed by atoms with Crippen LogP contribution in [0.3, 0.4) is 0 Å². The number of sulfonamides is 1. The van der Waals surface area contributed by atoms with Gasteiger partial charge >= 0.3 is 0 Å². The van der Waals surface area contributed by atoms with Crippen LogP contribution in [0.4, 0.5) is 0 Å². The van der Waals surface area contributed by atoms with Crippen molar-refractivity contribution < 1.29 is 13.2 Å². The van der Waals surface area contributed by atoms with Gasteiger partial charge in [0.2, 0.25) is 10.0 Å². The summed E-state index contributed by atoms with van der Waals surface area (Å²) in [6, 6.07) is 15.7. The quantitative estimate of drug-likeness (QED) is 0.834. The van der Waals surface area contributed by atoms with Crippen molar-refractivity contribution in [2.75, 3.05) is 0 Å². The third-order valence-corrected chi connectivity index (χ3v) is 5.94. The van der Waals surface area contributed by atoms with Crippen molar-refractivity contribution in [3.05, 3.63) is 65.7 Å². The average molecular weight is 358 g/mol. The summed E-state index contributed by atoms with van der Waals surface area (Å²) in [5, 5.41) is 2.83. The van der Waals surface area contributed by atoms with Gasteiger partial charge in [-0.05, 0) is 42.7 Å². The highest BCUT2D eigenvalue weighted by Crippen LogP contribution is 2.20. The standard InChI is InChI=1S/C19H22N2O3S/c22-19(20-14-15-6-2-1-3-7-15)16-10-12-18(13-11-16)25(23,24)21-17-8-4-5-9-17/h1-3,6-7,10-13,17,21H,4-5,8-9,14H2,(H,20,22). The van der Waals surface area contributed by atoms with E-state index in [1.165, 1.54) is 12.1 Å². The first-order chi connectivity index (χ1) is 12.0. The van der Waals surface area contributed by atoms with Crippen molar-refractivity contribution in [3.8, 4) is 0 Å². The molecule has 0 aromatic heterocycles. The van der Waals surface area contributed by atoms with Gasteiger partial charge in [0.15, 0.2) is 0 Å². The van der Waals surface area contributed by atoms with E-state index in [1.807, 2.05) is 30.3 Å². The van der Waals surface area contributed by atoms with E-state index < -0.39 is 10.0 Å². The first-order valence-electron chi connectivity index (χ1n) is 8.49. The normalized spacial score (nSPS) is 15.2. The lowest BCUT2D eigenvalue weighted by atomic mass is 10.2. The number of benzene rings is 2. The van der Waals surface area contributed by atoms with Crippen molar-refractivity contribution in [3.63, 3.8) is 0 Å². The van der Waals surface area contributed by atoms with Crippen molar-refractivity contribution in [1.82, 2.24) is 10.0 Å². The molecule has 6 heteroatoms. The molecule has 0 atom stereocenters. The average Bonchev–Trinajstić information content (AvgIpc) is 3.13. The van der Waals surface area contributed by atoms with Crippen molar-refractivity contribution in [1.29, 1.82) is 0 Å². The molecule has 0 radical (unpaired) electrons. The summed E-state index contributed by atoms with van der Waals surface area (Å²) in [6.45, 7) is 0.433. The molecule has 25 heavy (non-hydrogen) atoms. The molecule has 5 nitrogen and oxygen atoms in total. The summed E-state index contributed by atoms with van der Waals surface area (Å²) < 4.78 is 27.5. The Kier molecular flexibility index (Phi) is 5.50. The second kappa shape index (κ2) is 7.80. The minimum Gasteiger partial charge on any atom is -0.348 e. The smallest absolute Gasteiger partial charge is 0.251 e. The molecule has 0 bridgehead atoms. The van der Waals surface area contributed by atoms with Crippen LogP contribution in [0.15, 0.2) is 59.5 Å². The van der Waals surface area contributed by atoms with Gasteiger partial charge in [0.05, 0.1) is 4.90 Å². The molecule has 0 aliphatic heterocycles. The highest BCUT2D eigenvalue weighted by molar-refractivity contribution is 7.89. The molecule has 1 fully saturated rings. The van der Waals surface area contributed by atoms with Gasteiger partial charge in [0.1, 0.15) is 0 Å². The monoisotopic (exact) mass is 358 g/mol. The second-order valence-electron chi connectivity index (χ2n) is 6.30. The lowest BCUT2D eigenvalue weighted by Gasteiger charge is -2.13. The van der Waals surface area contributed by atoms with Crippen LogP contribution in [0.1, 0.15) is 41.6 Å². The van der Waals surface area contributed by atoms with E-state index >= 15 is 0 Å². The molecular weight excluding hydrogens is 336 g/mol. The predicted molar refractivity (Wildman–Crippen MR) is 96.6 cm³/mol. The SMILES string of the molecule is O=C(NCc1ccccc1)c1ccc(S(=O)(=O)NC2CCCC2)cc1. The summed E-state index contributed by atoms with van der Waals surface area (Å²) in [4.78, 5) is 12.4. The second-order valence-corrected chi connectivity index (χ2v) is 8.01. The van der Waals surface area contributed by atoms with Gasteiger partial charge in [0.25, 0.3) is 5.91 Å². The number of nitrogens with one attached hydrogen (secondary N) is 2. The van der Waals surface area contributed by atoms with E-state index in [2.05, 4.69) is 10.0 Å². The van der Waals surface area contributed by atoms with Gasteiger partial charge in [0, 0.05) is 18.2 Å². The van der Waals surface area contributed by atoms with Crippen molar-refractivity contribution in [2.24, 2.45) is 0 Å². The van der Waals surface area contributed by atoms with Crippen LogP contribution < -0.4 is 10.0 Å². The Balaban J connectivity index is 1.62. The molecule has 1 aliphatic rings. The lowest BCUT2D eigenvalue weighted by Crippen LogP contribution is -2.32. The molecule has 0 unspecified atom stereocenters. The minimum absolute atomic E-state index is 0.0267. The molecule has 0 saturated heterocycles.